The van der Waals surface area contributed by atoms with E-state index in [-0.39, 0.29) is 5.97 Å². The number of esters is 1. The van der Waals surface area contributed by atoms with Crippen LogP contribution >= 0.6 is 0 Å². The van der Waals surface area contributed by atoms with Crippen LogP contribution in [-0.4, -0.2) is 119 Å². The van der Waals surface area contributed by atoms with E-state index in [1.54, 1.807) is 6.92 Å². The van der Waals surface area contributed by atoms with Gasteiger partial charge in [-0.15, -0.1) is 0 Å². The lowest BCUT2D eigenvalue weighted by molar-refractivity contribution is -0.342. The number of ether oxygens (including phenoxy) is 5. The molecule has 2 aliphatic heterocycles. The Morgan fingerprint density at radius 2 is 1.51 bits per heavy atom. The van der Waals surface area contributed by atoms with Gasteiger partial charge in [-0.2, -0.15) is 0 Å². The van der Waals surface area contributed by atoms with Gasteiger partial charge in [-0.25, -0.2) is 0 Å². The molecule has 2 heterocycles. The lowest BCUT2D eigenvalue weighted by Gasteiger charge is -2.47. The number of aliphatic hydroxyl groups is 5. The summed E-state index contributed by atoms with van der Waals surface area (Å²) < 4.78 is 27.5. The fraction of sp³-hybridized carbons (Fsp3) is 0.917. The largest absolute Gasteiger partial charge is 0.469 e. The van der Waals surface area contributed by atoms with Crippen LogP contribution in [0.25, 0.3) is 0 Å². The molecular formula is C24H43NO12. The van der Waals surface area contributed by atoms with Gasteiger partial charge in [0, 0.05) is 20.0 Å². The highest BCUT2D eigenvalue weighted by Crippen LogP contribution is 2.29. The second kappa shape index (κ2) is 15.9. The molecule has 0 unspecified atom stereocenters. The first-order chi connectivity index (χ1) is 17.6. The van der Waals surface area contributed by atoms with Crippen molar-refractivity contribution in [2.45, 2.75) is 120 Å². The van der Waals surface area contributed by atoms with Gasteiger partial charge in [-0.3, -0.25) is 9.59 Å². The van der Waals surface area contributed by atoms with Crippen LogP contribution in [0.3, 0.4) is 0 Å². The van der Waals surface area contributed by atoms with E-state index in [0.29, 0.717) is 13.0 Å². The van der Waals surface area contributed by atoms with Crippen molar-refractivity contribution in [1.29, 1.82) is 0 Å². The third kappa shape index (κ3) is 9.37. The smallest absolute Gasteiger partial charge is 0.305 e. The van der Waals surface area contributed by atoms with E-state index >= 15 is 0 Å². The van der Waals surface area contributed by atoms with Gasteiger partial charge in [0.15, 0.2) is 12.6 Å². The minimum atomic E-state index is -1.67. The number of unbranched alkanes of at least 4 members (excludes halogenated alkanes) is 5. The van der Waals surface area contributed by atoms with Gasteiger partial charge in [0.1, 0.15) is 42.7 Å². The molecule has 0 bridgehead atoms. The Morgan fingerprint density at radius 3 is 2.14 bits per heavy atom. The van der Waals surface area contributed by atoms with Crippen LogP contribution in [-0.2, 0) is 33.3 Å². The fourth-order valence-electron chi connectivity index (χ4n) is 4.42. The van der Waals surface area contributed by atoms with E-state index in [1.165, 1.54) is 14.0 Å². The molecule has 6 N–H and O–H groups in total. The molecule has 0 saturated carbocycles. The number of amides is 1. The van der Waals surface area contributed by atoms with Crippen LogP contribution in [0.5, 0.6) is 0 Å². The van der Waals surface area contributed by atoms with Gasteiger partial charge < -0.3 is 54.5 Å². The molecule has 2 fully saturated rings. The van der Waals surface area contributed by atoms with Crippen LogP contribution in [0.2, 0.25) is 0 Å². The average Bonchev–Trinajstić information content (AvgIpc) is 2.87. The van der Waals surface area contributed by atoms with E-state index in [0.717, 1.165) is 38.5 Å². The molecule has 10 atom stereocenters. The Bertz CT molecular complexity index is 695. The van der Waals surface area contributed by atoms with E-state index < -0.39 is 73.9 Å². The fourth-order valence-corrected chi connectivity index (χ4v) is 4.42. The Balaban J connectivity index is 1.93. The molecular weight excluding hydrogens is 494 g/mol. The first-order valence-electron chi connectivity index (χ1n) is 12.9. The molecule has 2 rings (SSSR count). The first kappa shape index (κ1) is 31.8. The molecule has 0 aromatic heterocycles. The number of carbonyl (C=O) groups is 2. The predicted molar refractivity (Wildman–Crippen MR) is 127 cm³/mol. The third-order valence-electron chi connectivity index (χ3n) is 6.61. The Kier molecular flexibility index (Phi) is 13.6. The maximum absolute atomic E-state index is 11.9. The van der Waals surface area contributed by atoms with Gasteiger partial charge >= 0.3 is 5.97 Å². The first-order valence-corrected chi connectivity index (χ1v) is 12.9. The summed E-state index contributed by atoms with van der Waals surface area (Å²) in [5.41, 5.74) is 0. The zero-order valence-electron chi connectivity index (χ0n) is 21.7. The molecule has 2 saturated heterocycles. The summed E-state index contributed by atoms with van der Waals surface area (Å²) in [5, 5.41) is 53.3. The molecule has 0 radical (unpaired) electrons. The number of hydrogen-bond acceptors (Lipinski definition) is 12. The van der Waals surface area contributed by atoms with Crippen molar-refractivity contribution in [2.75, 3.05) is 20.3 Å². The lowest BCUT2D eigenvalue weighted by atomic mass is 9.95. The number of aliphatic hydroxyl groups excluding tert-OH is 5. The summed E-state index contributed by atoms with van der Waals surface area (Å²) in [6.45, 7) is 2.57. The highest BCUT2D eigenvalue weighted by atomic mass is 16.7. The van der Waals surface area contributed by atoms with Crippen molar-refractivity contribution in [2.24, 2.45) is 0 Å². The quantitative estimate of drug-likeness (QED) is 0.113. The zero-order valence-corrected chi connectivity index (χ0v) is 21.7. The van der Waals surface area contributed by atoms with Crippen molar-refractivity contribution in [3.05, 3.63) is 0 Å². The number of methoxy groups -OCH3 is 1. The van der Waals surface area contributed by atoms with Gasteiger partial charge in [0.05, 0.1) is 19.8 Å². The average molecular weight is 538 g/mol. The third-order valence-corrected chi connectivity index (χ3v) is 6.61. The highest BCUT2D eigenvalue weighted by Gasteiger charge is 2.50. The number of nitrogens with one attached hydrogen (secondary N) is 1. The van der Waals surface area contributed by atoms with Crippen molar-refractivity contribution >= 4 is 11.9 Å². The molecule has 0 spiro atoms. The lowest BCUT2D eigenvalue weighted by Crippen LogP contribution is -2.67. The second-order valence-corrected chi connectivity index (χ2v) is 9.54. The number of carbonyl (C=O) groups excluding carboxylic acids is 2. The molecule has 0 aromatic rings. The van der Waals surface area contributed by atoms with Gasteiger partial charge in [0.25, 0.3) is 0 Å². The topological polar surface area (TPSA) is 193 Å². The van der Waals surface area contributed by atoms with Crippen LogP contribution in [0.1, 0.15) is 58.8 Å². The van der Waals surface area contributed by atoms with Crippen molar-refractivity contribution in [3.8, 4) is 0 Å². The van der Waals surface area contributed by atoms with E-state index in [4.69, 9.17) is 18.9 Å². The van der Waals surface area contributed by atoms with E-state index in [1.807, 2.05) is 0 Å². The predicted octanol–water partition coefficient (Wildman–Crippen LogP) is -1.30. The molecule has 37 heavy (non-hydrogen) atoms. The van der Waals surface area contributed by atoms with Crippen molar-refractivity contribution in [3.63, 3.8) is 0 Å². The SMILES string of the molecule is COC(=O)CCCCCCCCO[C@@H]1O[C@H](C)[C@@H](O)[C@H](O[C@@H]2O[C@H](CO)[C@H](O)[C@H](O)[C@H]2O)[C@H]1NC(C)=O. The van der Waals surface area contributed by atoms with Crippen LogP contribution < -0.4 is 5.32 Å². The molecule has 0 aromatic carbocycles. The van der Waals surface area contributed by atoms with E-state index in [9.17, 15) is 35.1 Å². The maximum Gasteiger partial charge on any atom is 0.305 e. The second-order valence-electron chi connectivity index (χ2n) is 9.54. The monoisotopic (exact) mass is 537 g/mol. The summed E-state index contributed by atoms with van der Waals surface area (Å²) in [4.78, 5) is 23.1. The summed E-state index contributed by atoms with van der Waals surface area (Å²) >= 11 is 0. The van der Waals surface area contributed by atoms with Gasteiger partial charge in [0.2, 0.25) is 5.91 Å². The van der Waals surface area contributed by atoms with Crippen molar-refractivity contribution in [1.82, 2.24) is 5.32 Å². The number of rotatable bonds is 14. The highest BCUT2D eigenvalue weighted by molar-refractivity contribution is 5.73. The van der Waals surface area contributed by atoms with Crippen LogP contribution in [0, 0.1) is 0 Å². The molecule has 2 aliphatic rings. The minimum absolute atomic E-state index is 0.206. The summed E-state index contributed by atoms with van der Waals surface area (Å²) in [6.07, 6.45) is -6.06. The summed E-state index contributed by atoms with van der Waals surface area (Å²) in [5.74, 6) is -0.638. The van der Waals surface area contributed by atoms with Gasteiger partial charge in [-0.1, -0.05) is 25.7 Å². The Labute approximate surface area is 217 Å². The number of hydrogen-bond donors (Lipinski definition) is 6. The van der Waals surface area contributed by atoms with Gasteiger partial charge in [-0.05, 0) is 19.8 Å². The summed E-state index contributed by atoms with van der Waals surface area (Å²) in [7, 11) is 1.38. The zero-order chi connectivity index (χ0) is 27.5. The standard InChI is InChI=1S/C24H43NO12/c1-13-18(29)22(37-24-21(32)20(31)19(30)15(12-26)36-24)17(25-14(2)27)23(35-13)34-11-9-7-5-4-6-8-10-16(28)33-3/h13,15,17-24,26,29-32H,4-12H2,1-3H3,(H,25,27)/t13-,15-,17-,18-,19+,20+,21-,22-,23-,24+/m1/s1. The summed E-state index contributed by atoms with van der Waals surface area (Å²) in [6, 6.07) is -0.977. The molecule has 13 heteroatoms. The molecule has 0 aliphatic carbocycles. The Morgan fingerprint density at radius 1 is 0.865 bits per heavy atom. The molecule has 1 amide bonds. The normalized spacial score (nSPS) is 36.2. The minimum Gasteiger partial charge on any atom is -0.469 e. The van der Waals surface area contributed by atoms with E-state index in [2.05, 4.69) is 10.1 Å². The van der Waals surface area contributed by atoms with Crippen LogP contribution in [0.15, 0.2) is 0 Å². The molecule has 13 nitrogen and oxygen atoms in total. The maximum atomic E-state index is 11.9. The Hall–Kier alpha value is -1.42. The van der Waals surface area contributed by atoms with Crippen molar-refractivity contribution < 1.29 is 58.8 Å². The molecule has 216 valence electrons. The van der Waals surface area contributed by atoms with Crippen LogP contribution in [0.4, 0.5) is 0 Å².